The van der Waals surface area contributed by atoms with Gasteiger partial charge in [-0.1, -0.05) is 46.2 Å². The van der Waals surface area contributed by atoms with E-state index in [0.717, 1.165) is 31.4 Å². The zero-order valence-electron chi connectivity index (χ0n) is 40.4. The summed E-state index contributed by atoms with van der Waals surface area (Å²) in [6, 6.07) is 0.335. The van der Waals surface area contributed by atoms with Crippen molar-refractivity contribution >= 4 is 65.5 Å². The molecule has 1 heterocycles. The minimum absolute atomic E-state index is 0.0213. The lowest BCUT2D eigenvalue weighted by molar-refractivity contribution is -0.144. The summed E-state index contributed by atoms with van der Waals surface area (Å²) in [5, 5.41) is 85.3. The quantitative estimate of drug-likeness (QED) is 0.0556. The highest BCUT2D eigenvalue weighted by atomic mass is 16.4. The van der Waals surface area contributed by atoms with E-state index in [1.54, 1.807) is 12.1 Å². The molecule has 1 aliphatic heterocycles. The number of carboxylic acids is 9. The summed E-state index contributed by atoms with van der Waals surface area (Å²) in [4.78, 5) is 110. The lowest BCUT2D eigenvalue weighted by Crippen LogP contribution is -2.36. The van der Waals surface area contributed by atoms with Gasteiger partial charge in [-0.2, -0.15) is 0 Å². The molecular weight excluding hydrogens is 968 g/mol. The Hall–Kier alpha value is -7.13. The molecule has 0 radical (unpaired) electrons. The Morgan fingerprint density at radius 2 is 1.01 bits per heavy atom. The highest BCUT2D eigenvalue weighted by Crippen LogP contribution is 2.11. The first kappa shape index (κ1) is 76.4. The number of aromatic hydroxyl groups is 1. The molecule has 1 fully saturated rings. The van der Waals surface area contributed by atoms with Crippen molar-refractivity contribution in [1.29, 1.82) is 0 Å². The van der Waals surface area contributed by atoms with Crippen LogP contribution in [0.1, 0.15) is 84.6 Å². The second kappa shape index (κ2) is 45.0. The van der Waals surface area contributed by atoms with Crippen LogP contribution in [0.5, 0.6) is 5.75 Å². The van der Waals surface area contributed by atoms with Crippen molar-refractivity contribution in [3.05, 3.63) is 29.8 Å². The first-order valence-electron chi connectivity index (χ1n) is 21.3. The molecule has 72 heavy (non-hydrogen) atoms. The molecule has 0 spiro atoms. The zero-order chi connectivity index (χ0) is 58.0. The number of phenols is 1. The van der Waals surface area contributed by atoms with Crippen LogP contribution in [0.15, 0.2) is 24.3 Å². The van der Waals surface area contributed by atoms with Crippen LogP contribution in [-0.2, 0) is 59.2 Å². The average molecular weight is 1050 g/mol. The Kier molecular flexibility index (Phi) is 47.8. The third-order valence-electron chi connectivity index (χ3n) is 8.30. The maximum absolute atomic E-state index is 10.4. The Labute approximate surface area is 414 Å². The van der Waals surface area contributed by atoms with E-state index in [4.69, 9.17) is 91.2 Å². The van der Waals surface area contributed by atoms with Crippen LogP contribution < -0.4 is 56.9 Å². The number of carboxylic acid groups (broad SMARTS) is 9. The van der Waals surface area contributed by atoms with Gasteiger partial charge in [0.15, 0.2) is 0 Å². The summed E-state index contributed by atoms with van der Waals surface area (Å²) in [6.07, 6.45) is 2.70. The predicted octanol–water partition coefficient (Wildman–Crippen LogP) is -4.10. The van der Waals surface area contributed by atoms with Crippen LogP contribution in [0.25, 0.3) is 0 Å². The number of phenolic OH excluding ortho intramolecular Hbond substituents is 1. The van der Waals surface area contributed by atoms with Gasteiger partial charge in [0.05, 0.1) is 19.4 Å². The van der Waals surface area contributed by atoms with Gasteiger partial charge in [0.1, 0.15) is 48.0 Å². The molecule has 2 rings (SSSR count). The third kappa shape index (κ3) is 53.8. The number of carbonyl (C=O) groups is 11. The van der Waals surface area contributed by atoms with E-state index in [2.05, 4.69) is 16.8 Å². The smallest absolute Gasteiger partial charge is 0.321 e. The van der Waals surface area contributed by atoms with E-state index >= 15 is 0 Å². The van der Waals surface area contributed by atoms with Gasteiger partial charge in [-0.15, -0.1) is 0 Å². The lowest BCUT2D eigenvalue weighted by atomic mass is 10.0. The van der Waals surface area contributed by atoms with E-state index in [0.29, 0.717) is 12.3 Å². The van der Waals surface area contributed by atoms with Crippen molar-refractivity contribution in [2.24, 2.45) is 63.4 Å². The van der Waals surface area contributed by atoms with Crippen molar-refractivity contribution in [3.8, 4) is 5.75 Å². The number of nitrogens with two attached hydrogens (primary N) is 9. The Balaban J connectivity index is -0.000000175. The first-order chi connectivity index (χ1) is 32.9. The molecule has 1 aliphatic rings. The number of carbonyl (C=O) groups excluding carboxylic acids is 2. The summed E-state index contributed by atoms with van der Waals surface area (Å²) < 4.78 is 0. The van der Waals surface area contributed by atoms with Crippen LogP contribution in [0.2, 0.25) is 0 Å². The average Bonchev–Trinajstić information content (AvgIpc) is 3.82. The van der Waals surface area contributed by atoms with E-state index < -0.39 is 108 Å². The number of rotatable bonds is 21. The third-order valence-corrected chi connectivity index (χ3v) is 8.30. The predicted molar refractivity (Wildman–Crippen MR) is 254 cm³/mol. The number of nitrogens with one attached hydrogen (secondary N) is 1. The van der Waals surface area contributed by atoms with Crippen LogP contribution in [0.4, 0.5) is 0 Å². The van der Waals surface area contributed by atoms with Gasteiger partial charge < -0.3 is 108 Å². The maximum atomic E-state index is 10.4. The highest BCUT2D eigenvalue weighted by molar-refractivity contribution is 5.83. The molecule has 1 aromatic rings. The molecule has 8 atom stereocenters. The largest absolute Gasteiger partial charge is 0.508 e. The van der Waals surface area contributed by atoms with E-state index in [1.807, 2.05) is 27.7 Å². The Bertz CT molecular complexity index is 1750. The van der Waals surface area contributed by atoms with E-state index in [9.17, 15) is 52.7 Å². The first-order valence-corrected chi connectivity index (χ1v) is 21.3. The standard InChI is InChI=1S/C9H11NO3.2C6H13NO2.C5H10N2O3.C5H9NO2.C4H8N2O3.C4H7NO4.C2H5NO2/c10-8(9(12)13)5-6-1-3-7(11)4-2-6;1-4(2)3-5(7)6(8)9;1-3-4(2)5(7)6(8)9;6-3(5(9)10)1-2-4(7)8;7-5(8)4-2-1-3-6-4;2*5-2(4(8)9)1-3(6)7;3-1-2(4)5/h1-4,8,11H,5,10H2,(H,12,13);2*4-5H,3,7H2,1-2H3,(H,8,9);3H,1-2,6H2,(H2,7,8)(H,9,10);4,6H,1-3H2,(H,7,8);2H,1,5H2,(H2,6,7)(H,8,9);2H,1,5H2,(H,6,7)(H,8,9);1,3H2,(H,4,5)/t8-;5-;4-,5-;3-;4-;2*2-;/m0000000./s1. The van der Waals surface area contributed by atoms with Crippen molar-refractivity contribution in [3.63, 3.8) is 0 Å². The number of benzene rings is 1. The monoisotopic (exact) mass is 1040 g/mol. The van der Waals surface area contributed by atoms with Gasteiger partial charge >= 0.3 is 53.7 Å². The summed E-state index contributed by atoms with van der Waals surface area (Å²) in [5.41, 5.74) is 45.4. The topological polar surface area (TPSA) is 636 Å². The molecule has 1 saturated heterocycles. The van der Waals surface area contributed by atoms with Gasteiger partial charge in [-0.05, 0) is 68.2 Å². The highest BCUT2D eigenvalue weighted by Gasteiger charge is 2.21. The maximum Gasteiger partial charge on any atom is 0.321 e. The molecular formula is C41H76N10O21. The normalized spacial score (nSPS) is 14.6. The minimum atomic E-state index is -1.29. The fourth-order valence-electron chi connectivity index (χ4n) is 3.98. The van der Waals surface area contributed by atoms with Gasteiger partial charge in [0, 0.05) is 6.42 Å². The van der Waals surface area contributed by atoms with Gasteiger partial charge in [0.25, 0.3) is 0 Å². The number of amides is 2. The molecule has 416 valence electrons. The second-order valence-electron chi connectivity index (χ2n) is 15.3. The molecule has 0 bridgehead atoms. The van der Waals surface area contributed by atoms with Gasteiger partial charge in [0.2, 0.25) is 11.8 Å². The Morgan fingerprint density at radius 3 is 1.22 bits per heavy atom. The van der Waals surface area contributed by atoms with Crippen LogP contribution in [0.3, 0.4) is 0 Å². The summed E-state index contributed by atoms with van der Waals surface area (Å²) >= 11 is 0. The fourth-order valence-corrected chi connectivity index (χ4v) is 3.98. The minimum Gasteiger partial charge on any atom is -0.508 e. The molecule has 29 N–H and O–H groups in total. The van der Waals surface area contributed by atoms with E-state index in [-0.39, 0.29) is 49.9 Å². The summed E-state index contributed by atoms with van der Waals surface area (Å²) in [6.45, 7) is 8.23. The molecule has 0 saturated carbocycles. The fraction of sp³-hybridized carbons (Fsp3) is 0.585. The Morgan fingerprint density at radius 1 is 0.597 bits per heavy atom. The molecule has 0 aliphatic carbocycles. The molecule has 0 aromatic heterocycles. The van der Waals surface area contributed by atoms with Gasteiger partial charge in [-0.3, -0.25) is 52.7 Å². The van der Waals surface area contributed by atoms with Crippen molar-refractivity contribution in [2.75, 3.05) is 13.1 Å². The van der Waals surface area contributed by atoms with E-state index in [1.165, 1.54) is 12.1 Å². The van der Waals surface area contributed by atoms with Crippen LogP contribution in [-0.4, -0.2) is 172 Å². The molecule has 1 aromatic carbocycles. The second-order valence-corrected chi connectivity index (χ2v) is 15.3. The zero-order valence-corrected chi connectivity index (χ0v) is 40.4. The molecule has 2 amide bonds. The lowest BCUT2D eigenvalue weighted by Gasteiger charge is -2.11. The number of hydrogen-bond donors (Lipinski definition) is 20. The summed E-state index contributed by atoms with van der Waals surface area (Å²) in [5.74, 6) is -10.0. The van der Waals surface area contributed by atoms with Crippen LogP contribution >= 0.6 is 0 Å². The van der Waals surface area contributed by atoms with Crippen molar-refractivity contribution < 1.29 is 104 Å². The van der Waals surface area contributed by atoms with Crippen molar-refractivity contribution in [1.82, 2.24) is 5.32 Å². The van der Waals surface area contributed by atoms with Crippen LogP contribution in [0, 0.1) is 11.8 Å². The van der Waals surface area contributed by atoms with Gasteiger partial charge in [-0.25, -0.2) is 0 Å². The molecule has 0 unspecified atom stereocenters. The SMILES string of the molecule is CC(C)C[C@H](N)C(=O)O.CC[C@H](C)[C@H](N)C(=O)O.NC(=O)CC[C@H](N)C(=O)O.NC(=O)C[C@H](N)C(=O)O.NCC(=O)O.N[C@@H](CC(=O)O)C(=O)O.N[C@@H](Cc1ccc(O)cc1)C(=O)O.O=C(O)[C@@H]1CCCN1. The molecule has 31 heteroatoms. The number of aliphatic carboxylic acids is 9. The number of hydrogen-bond acceptors (Lipinski definition) is 20. The van der Waals surface area contributed by atoms with Crippen molar-refractivity contribution in [2.45, 2.75) is 128 Å². The summed E-state index contributed by atoms with van der Waals surface area (Å²) in [7, 11) is 0. The molecule has 31 nitrogen and oxygen atoms in total. The number of primary amides is 2.